The summed E-state index contributed by atoms with van der Waals surface area (Å²) >= 11 is 12.5. The molecule has 0 fully saturated rings. The molecule has 1 aliphatic rings. The second-order valence-electron chi connectivity index (χ2n) is 5.19. The molecule has 0 spiro atoms. The van der Waals surface area contributed by atoms with Crippen molar-refractivity contribution in [2.75, 3.05) is 0 Å². The maximum atomic E-state index is 13.6. The zero-order valence-electron chi connectivity index (χ0n) is 10.7. The lowest BCUT2D eigenvalue weighted by Crippen LogP contribution is -2.19. The van der Waals surface area contributed by atoms with E-state index >= 15 is 0 Å². The fourth-order valence-electron chi connectivity index (χ4n) is 3.06. The molecule has 0 nitrogen and oxygen atoms in total. The van der Waals surface area contributed by atoms with Crippen LogP contribution in [0.15, 0.2) is 30.3 Å². The summed E-state index contributed by atoms with van der Waals surface area (Å²) in [5.41, 5.74) is 3.85. The molecule has 0 aromatic heterocycles. The molecule has 1 aliphatic carbocycles. The van der Waals surface area contributed by atoms with Crippen LogP contribution in [0.5, 0.6) is 0 Å². The first kappa shape index (κ1) is 13.0. The second-order valence-corrected chi connectivity index (χ2v) is 6.03. The summed E-state index contributed by atoms with van der Waals surface area (Å²) in [5.74, 6) is -0.214. The van der Waals surface area contributed by atoms with Crippen molar-refractivity contribution >= 4 is 23.2 Å². The van der Waals surface area contributed by atoms with E-state index in [2.05, 4.69) is 13.8 Å². The van der Waals surface area contributed by atoms with Crippen molar-refractivity contribution in [3.05, 3.63) is 57.3 Å². The minimum absolute atomic E-state index is 0.214. The van der Waals surface area contributed by atoms with Crippen LogP contribution in [0, 0.1) is 5.82 Å². The molecule has 1 unspecified atom stereocenters. The van der Waals surface area contributed by atoms with E-state index in [0.29, 0.717) is 10.0 Å². The van der Waals surface area contributed by atoms with E-state index in [9.17, 15) is 4.39 Å². The molecule has 2 aromatic carbocycles. The summed E-state index contributed by atoms with van der Waals surface area (Å²) < 4.78 is 13.6. The van der Waals surface area contributed by atoms with E-state index in [1.54, 1.807) is 12.1 Å². The normalized spacial score (nSPS) is 20.3. The summed E-state index contributed by atoms with van der Waals surface area (Å²) in [5, 5.41) is 1.27. The molecule has 98 valence electrons. The van der Waals surface area contributed by atoms with Gasteiger partial charge < -0.3 is 0 Å². The lowest BCUT2D eigenvalue weighted by molar-refractivity contribution is 0.555. The molecule has 0 N–H and O–H groups in total. The van der Waals surface area contributed by atoms with Crippen molar-refractivity contribution in [3.8, 4) is 11.1 Å². The molecule has 0 bridgehead atoms. The van der Waals surface area contributed by atoms with Gasteiger partial charge in [0.1, 0.15) is 5.82 Å². The van der Waals surface area contributed by atoms with Gasteiger partial charge in [-0.15, -0.1) is 0 Å². The molecule has 0 heterocycles. The van der Waals surface area contributed by atoms with Crippen LogP contribution in [0.4, 0.5) is 4.39 Å². The van der Waals surface area contributed by atoms with E-state index in [0.717, 1.165) is 28.7 Å². The molecule has 0 saturated carbocycles. The molecule has 0 aliphatic heterocycles. The molecule has 3 rings (SSSR count). The van der Waals surface area contributed by atoms with Crippen LogP contribution < -0.4 is 0 Å². The highest BCUT2D eigenvalue weighted by atomic mass is 35.5. The van der Waals surface area contributed by atoms with Crippen LogP contribution in [0.2, 0.25) is 10.0 Å². The standard InChI is InChI=1S/C16H13Cl2F/c1-3-16(2)13-8-10(19)4-5-11(13)12-6-9(17)7-14(18)15(12)16/h4-8H,3H2,1-2H3. The van der Waals surface area contributed by atoms with Crippen molar-refractivity contribution in [1.82, 2.24) is 0 Å². The first-order valence-corrected chi connectivity index (χ1v) is 7.03. The molecule has 0 amide bonds. The molecule has 2 aromatic rings. The topological polar surface area (TPSA) is 0 Å². The van der Waals surface area contributed by atoms with Gasteiger partial charge in [-0.25, -0.2) is 4.39 Å². The predicted molar refractivity (Wildman–Crippen MR) is 78.6 cm³/mol. The molecule has 19 heavy (non-hydrogen) atoms. The van der Waals surface area contributed by atoms with Gasteiger partial charge in [-0.3, -0.25) is 0 Å². The summed E-state index contributed by atoms with van der Waals surface area (Å²) in [7, 11) is 0. The summed E-state index contributed by atoms with van der Waals surface area (Å²) in [6, 6.07) is 8.59. The van der Waals surface area contributed by atoms with Crippen LogP contribution in [0.25, 0.3) is 11.1 Å². The van der Waals surface area contributed by atoms with Crippen LogP contribution in [0.3, 0.4) is 0 Å². The van der Waals surface area contributed by atoms with Gasteiger partial charge in [0.05, 0.1) is 0 Å². The van der Waals surface area contributed by atoms with Gasteiger partial charge in [0.15, 0.2) is 0 Å². The number of benzene rings is 2. The minimum Gasteiger partial charge on any atom is -0.207 e. The number of fused-ring (bicyclic) bond motifs is 3. The average Bonchev–Trinajstić information content (AvgIpc) is 2.60. The lowest BCUT2D eigenvalue weighted by Gasteiger charge is -2.26. The molecular formula is C16H13Cl2F. The van der Waals surface area contributed by atoms with Crippen molar-refractivity contribution < 1.29 is 4.39 Å². The van der Waals surface area contributed by atoms with Crippen molar-refractivity contribution in [2.24, 2.45) is 0 Å². The van der Waals surface area contributed by atoms with E-state index in [-0.39, 0.29) is 11.2 Å². The average molecular weight is 295 g/mol. The van der Waals surface area contributed by atoms with Gasteiger partial charge in [-0.1, -0.05) is 43.1 Å². The summed E-state index contributed by atoms with van der Waals surface area (Å²) in [6.07, 6.45) is 0.859. The maximum absolute atomic E-state index is 13.6. The Labute approximate surface area is 122 Å². The maximum Gasteiger partial charge on any atom is 0.123 e. The van der Waals surface area contributed by atoms with Crippen LogP contribution >= 0.6 is 23.2 Å². The van der Waals surface area contributed by atoms with Crippen molar-refractivity contribution in [1.29, 1.82) is 0 Å². The molecule has 3 heteroatoms. The molecular weight excluding hydrogens is 282 g/mol. The van der Waals surface area contributed by atoms with Crippen LogP contribution in [-0.2, 0) is 5.41 Å². The Balaban J connectivity index is 2.42. The highest BCUT2D eigenvalue weighted by molar-refractivity contribution is 6.36. The van der Waals surface area contributed by atoms with E-state index in [4.69, 9.17) is 23.2 Å². The van der Waals surface area contributed by atoms with Gasteiger partial charge in [-0.05, 0) is 52.9 Å². The number of hydrogen-bond acceptors (Lipinski definition) is 0. The van der Waals surface area contributed by atoms with Gasteiger partial charge >= 0.3 is 0 Å². The minimum atomic E-state index is -0.256. The highest BCUT2D eigenvalue weighted by Gasteiger charge is 2.40. The molecule has 0 saturated heterocycles. The lowest BCUT2D eigenvalue weighted by atomic mass is 9.78. The SMILES string of the molecule is CCC1(C)c2cc(F)ccc2-c2cc(Cl)cc(Cl)c21. The van der Waals surface area contributed by atoms with Gasteiger partial charge in [0.25, 0.3) is 0 Å². The number of hydrogen-bond donors (Lipinski definition) is 0. The molecule has 1 atom stereocenters. The highest BCUT2D eigenvalue weighted by Crippen LogP contribution is 2.53. The van der Waals surface area contributed by atoms with Crippen LogP contribution in [-0.4, -0.2) is 0 Å². The largest absolute Gasteiger partial charge is 0.207 e. The first-order valence-electron chi connectivity index (χ1n) is 6.27. The summed E-state index contributed by atoms with van der Waals surface area (Å²) in [4.78, 5) is 0. The number of halogens is 3. The van der Waals surface area contributed by atoms with Gasteiger partial charge in [-0.2, -0.15) is 0 Å². The third kappa shape index (κ3) is 1.72. The fraction of sp³-hybridized carbons (Fsp3) is 0.250. The van der Waals surface area contributed by atoms with E-state index in [1.165, 1.54) is 6.07 Å². The Kier molecular flexibility index (Phi) is 2.88. The molecule has 0 radical (unpaired) electrons. The first-order chi connectivity index (χ1) is 8.97. The monoisotopic (exact) mass is 294 g/mol. The Morgan fingerprint density at radius 1 is 1.11 bits per heavy atom. The van der Waals surface area contributed by atoms with Crippen molar-refractivity contribution in [2.45, 2.75) is 25.7 Å². The quantitative estimate of drug-likeness (QED) is 0.621. The van der Waals surface area contributed by atoms with E-state index < -0.39 is 0 Å². The zero-order chi connectivity index (χ0) is 13.8. The Bertz CT molecular complexity index is 679. The second kappa shape index (κ2) is 4.22. The predicted octanol–water partition coefficient (Wildman–Crippen LogP) is 5.83. The number of rotatable bonds is 1. The van der Waals surface area contributed by atoms with Gasteiger partial charge in [0, 0.05) is 15.5 Å². The Morgan fingerprint density at radius 3 is 2.53 bits per heavy atom. The van der Waals surface area contributed by atoms with Gasteiger partial charge in [0.2, 0.25) is 0 Å². The Morgan fingerprint density at radius 2 is 1.84 bits per heavy atom. The van der Waals surface area contributed by atoms with E-state index in [1.807, 2.05) is 12.1 Å². The zero-order valence-corrected chi connectivity index (χ0v) is 12.2. The third-order valence-corrected chi connectivity index (χ3v) is 4.70. The fourth-order valence-corrected chi connectivity index (χ4v) is 3.76. The Hall–Kier alpha value is -1.05. The third-order valence-electron chi connectivity index (χ3n) is 4.18. The van der Waals surface area contributed by atoms with Crippen molar-refractivity contribution in [3.63, 3.8) is 0 Å². The smallest absolute Gasteiger partial charge is 0.123 e. The summed E-state index contributed by atoms with van der Waals surface area (Å²) in [6.45, 7) is 4.20. The van der Waals surface area contributed by atoms with Crippen LogP contribution in [0.1, 0.15) is 31.4 Å².